The molecule has 2 saturated heterocycles. The quantitative estimate of drug-likeness (QED) is 0.774. The minimum atomic E-state index is -0.265. The average molecular weight is 363 g/mol. The molecular formula is C20H30FN3O2. The number of benzene rings is 1. The van der Waals surface area contributed by atoms with Crippen LogP contribution in [0.2, 0.25) is 0 Å². The summed E-state index contributed by atoms with van der Waals surface area (Å²) in [5.41, 5.74) is 0.814. The van der Waals surface area contributed by atoms with Gasteiger partial charge in [0.15, 0.2) is 0 Å². The zero-order valence-electron chi connectivity index (χ0n) is 15.9. The number of carbonyl (C=O) groups excluding carboxylic acids is 1. The first kappa shape index (κ1) is 19.3. The third kappa shape index (κ3) is 5.02. The predicted molar refractivity (Wildman–Crippen MR) is 99.3 cm³/mol. The van der Waals surface area contributed by atoms with Crippen molar-refractivity contribution in [3.8, 4) is 0 Å². The van der Waals surface area contributed by atoms with Crippen LogP contribution in [-0.2, 0) is 16.1 Å². The molecule has 0 radical (unpaired) electrons. The molecule has 144 valence electrons. The topological polar surface area (TPSA) is 36.0 Å². The van der Waals surface area contributed by atoms with E-state index < -0.39 is 0 Å². The number of amides is 1. The Labute approximate surface area is 155 Å². The van der Waals surface area contributed by atoms with Gasteiger partial charge in [0.25, 0.3) is 0 Å². The summed E-state index contributed by atoms with van der Waals surface area (Å²) < 4.78 is 19.0. The second-order valence-electron chi connectivity index (χ2n) is 7.47. The molecule has 2 aliphatic heterocycles. The van der Waals surface area contributed by atoms with E-state index in [9.17, 15) is 9.18 Å². The minimum Gasteiger partial charge on any atom is -0.377 e. The standard InChI is InChI=1S/C20H30FN3O2/c1-16(20(25)22(2)14-17-5-3-6-18(21)13-17)24-10-8-23(9-11-24)15-19-7-4-12-26-19/h3,5-6,13,16,19H,4,7-12,14-15H2,1-2H3. The van der Waals surface area contributed by atoms with Crippen molar-refractivity contribution in [3.05, 3.63) is 35.6 Å². The van der Waals surface area contributed by atoms with Crippen molar-refractivity contribution in [1.82, 2.24) is 14.7 Å². The summed E-state index contributed by atoms with van der Waals surface area (Å²) >= 11 is 0. The van der Waals surface area contributed by atoms with E-state index in [1.165, 1.54) is 25.0 Å². The summed E-state index contributed by atoms with van der Waals surface area (Å²) in [6, 6.07) is 6.28. The van der Waals surface area contributed by atoms with E-state index in [4.69, 9.17) is 4.74 Å². The van der Waals surface area contributed by atoms with Crippen LogP contribution < -0.4 is 0 Å². The fourth-order valence-corrected chi connectivity index (χ4v) is 3.87. The Morgan fingerprint density at radius 1 is 1.35 bits per heavy atom. The van der Waals surface area contributed by atoms with Crippen LogP contribution in [0.5, 0.6) is 0 Å². The molecule has 2 unspecified atom stereocenters. The summed E-state index contributed by atoms with van der Waals surface area (Å²) in [7, 11) is 1.79. The Morgan fingerprint density at radius 3 is 2.77 bits per heavy atom. The normalized spacial score (nSPS) is 23.1. The maximum atomic E-state index is 13.3. The smallest absolute Gasteiger partial charge is 0.239 e. The molecule has 0 aliphatic carbocycles. The van der Waals surface area contributed by atoms with Gasteiger partial charge in [-0.2, -0.15) is 0 Å². The first-order valence-electron chi connectivity index (χ1n) is 9.60. The molecule has 1 amide bonds. The minimum absolute atomic E-state index is 0.0850. The highest BCUT2D eigenvalue weighted by Gasteiger charge is 2.29. The van der Waals surface area contributed by atoms with Gasteiger partial charge >= 0.3 is 0 Å². The molecular weight excluding hydrogens is 333 g/mol. The van der Waals surface area contributed by atoms with E-state index in [1.54, 1.807) is 18.0 Å². The Kier molecular flexibility index (Phi) is 6.62. The van der Waals surface area contributed by atoms with Crippen LogP contribution in [0.1, 0.15) is 25.3 Å². The van der Waals surface area contributed by atoms with Crippen LogP contribution in [-0.4, -0.2) is 79.1 Å². The van der Waals surface area contributed by atoms with Crippen molar-refractivity contribution < 1.29 is 13.9 Å². The molecule has 2 heterocycles. The van der Waals surface area contributed by atoms with Gasteiger partial charge in [-0.15, -0.1) is 0 Å². The summed E-state index contributed by atoms with van der Waals surface area (Å²) in [5.74, 6) is -0.180. The zero-order valence-corrected chi connectivity index (χ0v) is 15.9. The molecule has 1 aromatic rings. The van der Waals surface area contributed by atoms with Gasteiger partial charge in [-0.05, 0) is 37.5 Å². The lowest BCUT2D eigenvalue weighted by atomic mass is 10.1. The molecule has 2 fully saturated rings. The van der Waals surface area contributed by atoms with Gasteiger partial charge in [0.2, 0.25) is 5.91 Å². The van der Waals surface area contributed by atoms with E-state index in [0.717, 1.165) is 44.9 Å². The van der Waals surface area contributed by atoms with Crippen LogP contribution in [0.4, 0.5) is 4.39 Å². The summed E-state index contributed by atoms with van der Waals surface area (Å²) in [5, 5.41) is 0. The lowest BCUT2D eigenvalue weighted by molar-refractivity contribution is -0.136. The number of piperazine rings is 1. The molecule has 6 heteroatoms. The van der Waals surface area contributed by atoms with Gasteiger partial charge < -0.3 is 9.64 Å². The maximum Gasteiger partial charge on any atom is 0.239 e. The fraction of sp³-hybridized carbons (Fsp3) is 0.650. The van der Waals surface area contributed by atoms with Crippen LogP contribution in [0.3, 0.4) is 0 Å². The highest BCUT2D eigenvalue weighted by molar-refractivity contribution is 5.81. The van der Waals surface area contributed by atoms with Gasteiger partial charge in [-0.25, -0.2) is 4.39 Å². The second-order valence-corrected chi connectivity index (χ2v) is 7.47. The number of ether oxygens (including phenoxy) is 1. The molecule has 26 heavy (non-hydrogen) atoms. The molecule has 0 saturated carbocycles. The molecule has 0 spiro atoms. The van der Waals surface area contributed by atoms with Crippen molar-refractivity contribution in [2.75, 3.05) is 46.4 Å². The maximum absolute atomic E-state index is 13.3. The van der Waals surface area contributed by atoms with Crippen LogP contribution in [0.25, 0.3) is 0 Å². The third-order valence-electron chi connectivity index (χ3n) is 5.48. The highest BCUT2D eigenvalue weighted by Crippen LogP contribution is 2.16. The van der Waals surface area contributed by atoms with Gasteiger partial charge in [0, 0.05) is 52.9 Å². The number of hydrogen-bond acceptors (Lipinski definition) is 4. The third-order valence-corrected chi connectivity index (χ3v) is 5.48. The average Bonchev–Trinajstić information content (AvgIpc) is 3.14. The Hall–Kier alpha value is -1.50. The molecule has 0 aromatic heterocycles. The monoisotopic (exact) mass is 363 g/mol. The first-order chi connectivity index (χ1) is 12.5. The van der Waals surface area contributed by atoms with Crippen LogP contribution in [0, 0.1) is 5.82 Å². The molecule has 3 rings (SSSR count). The van der Waals surface area contributed by atoms with E-state index in [-0.39, 0.29) is 17.8 Å². The summed E-state index contributed by atoms with van der Waals surface area (Å²) in [6.07, 6.45) is 2.73. The largest absolute Gasteiger partial charge is 0.377 e. The summed E-state index contributed by atoms with van der Waals surface area (Å²) in [4.78, 5) is 19.1. The molecule has 0 N–H and O–H groups in total. The van der Waals surface area contributed by atoms with Crippen molar-refractivity contribution in [1.29, 1.82) is 0 Å². The molecule has 2 aliphatic rings. The highest BCUT2D eigenvalue weighted by atomic mass is 19.1. The van der Waals surface area contributed by atoms with Gasteiger partial charge in [-0.3, -0.25) is 14.6 Å². The predicted octanol–water partition coefficient (Wildman–Crippen LogP) is 1.97. The number of likely N-dealkylation sites (N-methyl/N-ethyl adjacent to an activating group) is 1. The number of halogens is 1. The van der Waals surface area contributed by atoms with E-state index >= 15 is 0 Å². The van der Waals surface area contributed by atoms with Crippen molar-refractivity contribution >= 4 is 5.91 Å². The van der Waals surface area contributed by atoms with Crippen molar-refractivity contribution in [3.63, 3.8) is 0 Å². The Balaban J connectivity index is 1.46. The number of rotatable bonds is 6. The van der Waals surface area contributed by atoms with E-state index in [2.05, 4.69) is 9.80 Å². The summed E-state index contributed by atoms with van der Waals surface area (Å²) in [6.45, 7) is 8.06. The number of hydrogen-bond donors (Lipinski definition) is 0. The van der Waals surface area contributed by atoms with Crippen molar-refractivity contribution in [2.45, 2.75) is 38.5 Å². The number of carbonyl (C=O) groups is 1. The molecule has 2 atom stereocenters. The zero-order chi connectivity index (χ0) is 18.5. The molecule has 0 bridgehead atoms. The Bertz CT molecular complexity index is 598. The van der Waals surface area contributed by atoms with Gasteiger partial charge in [0.1, 0.15) is 5.82 Å². The van der Waals surface area contributed by atoms with Gasteiger partial charge in [-0.1, -0.05) is 12.1 Å². The van der Waals surface area contributed by atoms with Crippen LogP contribution >= 0.6 is 0 Å². The number of nitrogens with zero attached hydrogens (tertiary/aromatic N) is 3. The first-order valence-corrected chi connectivity index (χ1v) is 9.60. The fourth-order valence-electron chi connectivity index (χ4n) is 3.87. The lowest BCUT2D eigenvalue weighted by Gasteiger charge is -2.39. The lowest BCUT2D eigenvalue weighted by Crippen LogP contribution is -2.54. The van der Waals surface area contributed by atoms with Gasteiger partial charge in [0.05, 0.1) is 12.1 Å². The Morgan fingerprint density at radius 2 is 2.12 bits per heavy atom. The van der Waals surface area contributed by atoms with E-state index in [0.29, 0.717) is 12.6 Å². The SMILES string of the molecule is CC(C(=O)N(C)Cc1cccc(F)c1)N1CCN(CC2CCCO2)CC1. The molecule has 5 nitrogen and oxygen atoms in total. The molecule has 1 aromatic carbocycles. The van der Waals surface area contributed by atoms with Crippen molar-refractivity contribution in [2.24, 2.45) is 0 Å². The van der Waals surface area contributed by atoms with Crippen LogP contribution in [0.15, 0.2) is 24.3 Å². The second kappa shape index (κ2) is 8.93. The van der Waals surface area contributed by atoms with E-state index in [1.807, 2.05) is 13.0 Å².